The summed E-state index contributed by atoms with van der Waals surface area (Å²) in [6.07, 6.45) is 3.81. The highest BCUT2D eigenvalue weighted by molar-refractivity contribution is 14.1. The van der Waals surface area contributed by atoms with Crippen LogP contribution in [0.3, 0.4) is 0 Å². The molecule has 1 unspecified atom stereocenters. The molecule has 0 heterocycles. The number of amides is 1. The number of carbonyl (C=O) groups is 1. The van der Waals surface area contributed by atoms with Crippen molar-refractivity contribution in [3.63, 3.8) is 0 Å². The number of allylic oxidation sites excluding steroid dienone is 1. The van der Waals surface area contributed by atoms with Crippen LogP contribution in [-0.2, 0) is 4.79 Å². The molecule has 64 valence electrons. The van der Waals surface area contributed by atoms with Crippen LogP contribution < -0.4 is 5.32 Å². The van der Waals surface area contributed by atoms with Gasteiger partial charge in [-0.25, -0.2) is 0 Å². The summed E-state index contributed by atoms with van der Waals surface area (Å²) in [6.45, 7) is 5.63. The molecule has 1 amide bonds. The Hall–Kier alpha value is -0.0600. The summed E-state index contributed by atoms with van der Waals surface area (Å²) in [6, 6.07) is 0.273. The molecule has 0 aromatic heterocycles. The second kappa shape index (κ2) is 6.64. The summed E-state index contributed by atoms with van der Waals surface area (Å²) in [5.41, 5.74) is 0. The van der Waals surface area contributed by atoms with E-state index in [4.69, 9.17) is 0 Å². The molecule has 0 bridgehead atoms. The van der Waals surface area contributed by atoms with E-state index in [1.165, 1.54) is 0 Å². The molecule has 2 nitrogen and oxygen atoms in total. The Balaban J connectivity index is 3.42. The molecule has 0 aliphatic rings. The van der Waals surface area contributed by atoms with E-state index >= 15 is 0 Å². The maximum absolute atomic E-state index is 10.8. The first kappa shape index (κ1) is 10.9. The number of hydrogen-bond donors (Lipinski definition) is 1. The lowest BCUT2D eigenvalue weighted by atomic mass is 10.2. The quantitative estimate of drug-likeness (QED) is 0.460. The van der Waals surface area contributed by atoms with Crippen molar-refractivity contribution in [1.82, 2.24) is 5.32 Å². The maximum atomic E-state index is 10.8. The number of hydrogen-bond acceptors (Lipinski definition) is 1. The Morgan fingerprint density at radius 3 is 2.91 bits per heavy atom. The standard InChI is InChI=1S/C8H14INO/c1-3-4-5-7(2)10-8(11)6-9/h3,7H,1,4-6H2,2H3,(H,10,11). The van der Waals surface area contributed by atoms with E-state index in [-0.39, 0.29) is 11.9 Å². The van der Waals surface area contributed by atoms with Crippen LogP contribution in [0.15, 0.2) is 12.7 Å². The van der Waals surface area contributed by atoms with Crippen LogP contribution in [0.1, 0.15) is 19.8 Å². The van der Waals surface area contributed by atoms with Crippen molar-refractivity contribution in [2.24, 2.45) is 0 Å². The number of halogens is 1. The summed E-state index contributed by atoms with van der Waals surface area (Å²) in [7, 11) is 0. The summed E-state index contributed by atoms with van der Waals surface area (Å²) in [5, 5.41) is 2.87. The topological polar surface area (TPSA) is 29.1 Å². The highest BCUT2D eigenvalue weighted by Crippen LogP contribution is 1.96. The second-order valence-electron chi connectivity index (χ2n) is 2.47. The minimum Gasteiger partial charge on any atom is -0.353 e. The lowest BCUT2D eigenvalue weighted by Gasteiger charge is -2.10. The number of carbonyl (C=O) groups excluding carboxylic acids is 1. The molecule has 0 aliphatic heterocycles. The molecule has 1 atom stereocenters. The van der Waals surface area contributed by atoms with E-state index in [1.807, 2.05) is 13.0 Å². The van der Waals surface area contributed by atoms with Crippen LogP contribution in [0.2, 0.25) is 0 Å². The first-order valence-electron chi connectivity index (χ1n) is 3.67. The molecule has 0 saturated heterocycles. The van der Waals surface area contributed by atoms with Gasteiger partial charge in [-0.2, -0.15) is 0 Å². The highest BCUT2D eigenvalue weighted by Gasteiger charge is 2.03. The molecule has 3 heteroatoms. The van der Waals surface area contributed by atoms with Gasteiger partial charge in [0.15, 0.2) is 0 Å². The zero-order valence-electron chi connectivity index (χ0n) is 6.77. The lowest BCUT2D eigenvalue weighted by Crippen LogP contribution is -2.32. The molecule has 1 N–H and O–H groups in total. The van der Waals surface area contributed by atoms with Crippen LogP contribution in [-0.4, -0.2) is 16.4 Å². The van der Waals surface area contributed by atoms with Crippen molar-refractivity contribution in [3.05, 3.63) is 12.7 Å². The summed E-state index contributed by atoms with van der Waals surface area (Å²) in [5.74, 6) is 0.113. The molecule has 0 spiro atoms. The van der Waals surface area contributed by atoms with Crippen molar-refractivity contribution in [2.75, 3.05) is 4.43 Å². The van der Waals surface area contributed by atoms with Gasteiger partial charge in [0.1, 0.15) is 0 Å². The van der Waals surface area contributed by atoms with E-state index < -0.39 is 0 Å². The molecule has 0 rings (SSSR count). The van der Waals surface area contributed by atoms with Crippen molar-refractivity contribution in [3.8, 4) is 0 Å². The van der Waals surface area contributed by atoms with Crippen molar-refractivity contribution in [1.29, 1.82) is 0 Å². The first-order chi connectivity index (χ1) is 5.20. The van der Waals surface area contributed by atoms with E-state index in [1.54, 1.807) is 0 Å². The molecular weight excluding hydrogens is 253 g/mol. The van der Waals surface area contributed by atoms with Gasteiger partial charge >= 0.3 is 0 Å². The minimum absolute atomic E-state index is 0.113. The molecule has 0 radical (unpaired) electrons. The summed E-state index contributed by atoms with van der Waals surface area (Å²) >= 11 is 2.05. The summed E-state index contributed by atoms with van der Waals surface area (Å²) < 4.78 is 0.538. The van der Waals surface area contributed by atoms with E-state index in [9.17, 15) is 4.79 Å². The van der Waals surface area contributed by atoms with Crippen LogP contribution in [0.5, 0.6) is 0 Å². The SMILES string of the molecule is C=CCCC(C)NC(=O)CI. The molecule has 0 saturated carbocycles. The van der Waals surface area contributed by atoms with Gasteiger partial charge in [-0.05, 0) is 19.8 Å². The van der Waals surface area contributed by atoms with Gasteiger partial charge in [0, 0.05) is 6.04 Å². The maximum Gasteiger partial charge on any atom is 0.230 e. The average molecular weight is 267 g/mol. The fourth-order valence-corrected chi connectivity index (χ4v) is 0.974. The van der Waals surface area contributed by atoms with Gasteiger partial charge < -0.3 is 5.32 Å². The molecule has 0 aromatic carbocycles. The normalized spacial score (nSPS) is 12.2. The second-order valence-corrected chi connectivity index (χ2v) is 3.23. The van der Waals surface area contributed by atoms with Crippen molar-refractivity contribution in [2.45, 2.75) is 25.8 Å². The Labute approximate surface area is 81.6 Å². The van der Waals surface area contributed by atoms with Gasteiger partial charge in [-0.1, -0.05) is 28.7 Å². The smallest absolute Gasteiger partial charge is 0.230 e. The van der Waals surface area contributed by atoms with Gasteiger partial charge in [-0.3, -0.25) is 4.79 Å². The number of rotatable bonds is 5. The van der Waals surface area contributed by atoms with E-state index in [2.05, 4.69) is 34.5 Å². The third kappa shape index (κ3) is 6.34. The fraction of sp³-hybridized carbons (Fsp3) is 0.625. The summed E-state index contributed by atoms with van der Waals surface area (Å²) in [4.78, 5) is 10.8. The largest absolute Gasteiger partial charge is 0.353 e. The van der Waals surface area contributed by atoms with Gasteiger partial charge in [-0.15, -0.1) is 6.58 Å². The van der Waals surface area contributed by atoms with Crippen LogP contribution >= 0.6 is 22.6 Å². The van der Waals surface area contributed by atoms with Crippen LogP contribution in [0.25, 0.3) is 0 Å². The minimum atomic E-state index is 0.113. The molecule has 11 heavy (non-hydrogen) atoms. The Bertz CT molecular complexity index is 136. The zero-order valence-corrected chi connectivity index (χ0v) is 8.93. The zero-order chi connectivity index (χ0) is 8.69. The van der Waals surface area contributed by atoms with Gasteiger partial charge in [0.25, 0.3) is 0 Å². The predicted molar refractivity (Wildman–Crippen MR) is 55.9 cm³/mol. The van der Waals surface area contributed by atoms with Crippen LogP contribution in [0.4, 0.5) is 0 Å². The highest BCUT2D eigenvalue weighted by atomic mass is 127. The van der Waals surface area contributed by atoms with Gasteiger partial charge in [0.05, 0.1) is 4.43 Å². The first-order valence-corrected chi connectivity index (χ1v) is 5.19. The van der Waals surface area contributed by atoms with Crippen molar-refractivity contribution >= 4 is 28.5 Å². The predicted octanol–water partition coefficient (Wildman–Crippen LogP) is 1.89. The number of nitrogens with one attached hydrogen (secondary N) is 1. The Morgan fingerprint density at radius 2 is 2.45 bits per heavy atom. The molecule has 0 aliphatic carbocycles. The monoisotopic (exact) mass is 267 g/mol. The van der Waals surface area contributed by atoms with Gasteiger partial charge in [0.2, 0.25) is 5.91 Å². The number of alkyl halides is 1. The lowest BCUT2D eigenvalue weighted by molar-refractivity contribution is -0.118. The molecule has 0 aromatic rings. The molecular formula is C8H14INO. The third-order valence-electron chi connectivity index (χ3n) is 1.33. The van der Waals surface area contributed by atoms with E-state index in [0.29, 0.717) is 4.43 Å². The third-order valence-corrected chi connectivity index (χ3v) is 2.03. The Kier molecular flexibility index (Phi) is 6.60. The average Bonchev–Trinajstić information content (AvgIpc) is 2.00. The van der Waals surface area contributed by atoms with E-state index in [0.717, 1.165) is 12.8 Å². The fourth-order valence-electron chi connectivity index (χ4n) is 0.753. The van der Waals surface area contributed by atoms with Crippen molar-refractivity contribution < 1.29 is 4.79 Å². The Morgan fingerprint density at radius 1 is 1.82 bits per heavy atom. The van der Waals surface area contributed by atoms with Crippen LogP contribution in [0, 0.1) is 0 Å². The molecule has 0 fully saturated rings.